The van der Waals surface area contributed by atoms with Gasteiger partial charge in [0.15, 0.2) is 5.82 Å². The second-order valence-corrected chi connectivity index (χ2v) is 8.07. The maximum atomic E-state index is 13.8. The highest BCUT2D eigenvalue weighted by Crippen LogP contribution is 2.26. The van der Waals surface area contributed by atoms with Crippen LogP contribution in [0.25, 0.3) is 5.70 Å². The molecule has 180 valence electrons. The predicted octanol–water partition coefficient (Wildman–Crippen LogP) is 4.54. The molecule has 0 saturated heterocycles. The summed E-state index contributed by atoms with van der Waals surface area (Å²) in [5.74, 6) is -2.08. The van der Waals surface area contributed by atoms with E-state index in [1.54, 1.807) is 46.0 Å². The topological polar surface area (TPSA) is 76.8 Å². The van der Waals surface area contributed by atoms with Crippen LogP contribution in [0.2, 0.25) is 5.02 Å². The highest BCUT2D eigenvalue weighted by atomic mass is 35.5. The molecular formula is C24H25ClF2N4O3. The Labute approximate surface area is 201 Å². The lowest BCUT2D eigenvalue weighted by atomic mass is 10.1. The van der Waals surface area contributed by atoms with E-state index >= 15 is 0 Å². The van der Waals surface area contributed by atoms with Crippen molar-refractivity contribution in [3.8, 4) is 5.75 Å². The molecule has 10 heteroatoms. The number of halogens is 3. The third kappa shape index (κ3) is 6.48. The summed E-state index contributed by atoms with van der Waals surface area (Å²) in [7, 11) is 3.54. The molecule has 2 heterocycles. The minimum Gasteiger partial charge on any atom is -0.485 e. The molecule has 0 amide bonds. The maximum Gasteiger partial charge on any atom is 0.277 e. The van der Waals surface area contributed by atoms with E-state index in [0.29, 0.717) is 23.0 Å². The first-order valence-electron chi connectivity index (χ1n) is 10.1. The number of carbonyl (C=O) groups is 1. The molecular weight excluding hydrogens is 466 g/mol. The third-order valence-electron chi connectivity index (χ3n) is 4.52. The smallest absolute Gasteiger partial charge is 0.277 e. The maximum absolute atomic E-state index is 13.8. The van der Waals surface area contributed by atoms with Crippen LogP contribution in [-0.4, -0.2) is 41.0 Å². The lowest BCUT2D eigenvalue weighted by Gasteiger charge is -2.17. The Kier molecular flexibility index (Phi) is 9.03. The molecule has 0 bridgehead atoms. The predicted molar refractivity (Wildman–Crippen MR) is 129 cm³/mol. The van der Waals surface area contributed by atoms with Gasteiger partial charge < -0.3 is 9.64 Å². The van der Waals surface area contributed by atoms with Gasteiger partial charge in [0, 0.05) is 49.9 Å². The fourth-order valence-electron chi connectivity index (χ4n) is 2.84. The molecule has 0 radical (unpaired) electrons. The number of aromatic nitrogens is 2. The molecule has 0 aliphatic heterocycles. The van der Waals surface area contributed by atoms with E-state index in [4.69, 9.17) is 16.3 Å². The van der Waals surface area contributed by atoms with Crippen molar-refractivity contribution in [2.24, 2.45) is 4.99 Å². The zero-order chi connectivity index (χ0) is 25.6. The molecule has 0 saturated carbocycles. The summed E-state index contributed by atoms with van der Waals surface area (Å²) in [6.07, 6.45) is 5.22. The van der Waals surface area contributed by atoms with Crippen LogP contribution in [0.4, 0.5) is 8.78 Å². The minimum atomic E-state index is -0.879. The van der Waals surface area contributed by atoms with Crippen LogP contribution in [0.15, 0.2) is 57.7 Å². The molecule has 2 aromatic rings. The SMILES string of the molecule is C=N/C(=C\C(=C(C)C)n1c(C)cc(OCc2ncc(F)cc2F)c(Cl)c1=O)C(=O)/C=C/N(C)C. The average molecular weight is 491 g/mol. The fourth-order valence-corrected chi connectivity index (χ4v) is 3.03. The highest BCUT2D eigenvalue weighted by Gasteiger charge is 2.17. The van der Waals surface area contributed by atoms with Crippen LogP contribution in [0.5, 0.6) is 5.75 Å². The van der Waals surface area contributed by atoms with Crippen LogP contribution in [0, 0.1) is 18.6 Å². The number of hydrogen-bond acceptors (Lipinski definition) is 6. The van der Waals surface area contributed by atoms with Gasteiger partial charge in [-0.05, 0) is 33.6 Å². The van der Waals surface area contributed by atoms with Gasteiger partial charge in [0.25, 0.3) is 5.56 Å². The number of nitrogens with zero attached hydrogens (tertiary/aromatic N) is 4. The fraction of sp³-hybridized carbons (Fsp3) is 0.250. The summed E-state index contributed by atoms with van der Waals surface area (Å²) in [4.78, 5) is 34.8. The first kappa shape index (κ1) is 26.7. The molecule has 0 N–H and O–H groups in total. The van der Waals surface area contributed by atoms with Gasteiger partial charge in [-0.15, -0.1) is 0 Å². The second kappa shape index (κ2) is 11.5. The summed E-state index contributed by atoms with van der Waals surface area (Å²) >= 11 is 6.27. The first-order chi connectivity index (χ1) is 16.0. The van der Waals surface area contributed by atoms with Gasteiger partial charge in [0.1, 0.15) is 34.6 Å². The average Bonchev–Trinajstić information content (AvgIpc) is 2.76. The van der Waals surface area contributed by atoms with E-state index in [9.17, 15) is 18.4 Å². The summed E-state index contributed by atoms with van der Waals surface area (Å²) in [5.41, 5.74) is 0.808. The number of allylic oxidation sites excluding steroid dienone is 4. The number of ether oxygens (including phenoxy) is 1. The Balaban J connectivity index is 2.48. The van der Waals surface area contributed by atoms with E-state index < -0.39 is 23.0 Å². The lowest BCUT2D eigenvalue weighted by Crippen LogP contribution is -2.23. The van der Waals surface area contributed by atoms with E-state index in [-0.39, 0.29) is 28.8 Å². The molecule has 0 unspecified atom stereocenters. The zero-order valence-electron chi connectivity index (χ0n) is 19.5. The Morgan fingerprint density at radius 2 is 2.00 bits per heavy atom. The van der Waals surface area contributed by atoms with Gasteiger partial charge in [0.05, 0.1) is 6.20 Å². The third-order valence-corrected chi connectivity index (χ3v) is 4.87. The highest BCUT2D eigenvalue weighted by molar-refractivity contribution is 6.31. The largest absolute Gasteiger partial charge is 0.485 e. The van der Waals surface area contributed by atoms with Crippen LogP contribution < -0.4 is 10.3 Å². The van der Waals surface area contributed by atoms with Crippen LogP contribution in [0.1, 0.15) is 25.2 Å². The minimum absolute atomic E-state index is 0.00934. The molecule has 7 nitrogen and oxygen atoms in total. The molecule has 0 spiro atoms. The van der Waals surface area contributed by atoms with Crippen molar-refractivity contribution in [1.29, 1.82) is 0 Å². The number of aliphatic imine (C=N–C) groups is 1. The van der Waals surface area contributed by atoms with Crippen LogP contribution >= 0.6 is 11.6 Å². The monoisotopic (exact) mass is 490 g/mol. The van der Waals surface area contributed by atoms with Crippen molar-refractivity contribution in [3.05, 3.63) is 86.4 Å². The van der Waals surface area contributed by atoms with E-state index in [2.05, 4.69) is 16.7 Å². The molecule has 0 aliphatic carbocycles. The van der Waals surface area contributed by atoms with Gasteiger partial charge in [-0.3, -0.25) is 24.1 Å². The molecule has 2 rings (SSSR count). The number of pyridine rings is 2. The Morgan fingerprint density at radius 3 is 2.56 bits per heavy atom. The normalized spacial score (nSPS) is 11.5. The quantitative estimate of drug-likeness (QED) is 0.293. The Hall–Kier alpha value is -3.59. The van der Waals surface area contributed by atoms with Crippen molar-refractivity contribution >= 4 is 29.8 Å². The van der Waals surface area contributed by atoms with E-state index in [0.717, 1.165) is 6.20 Å². The number of hydrogen-bond donors (Lipinski definition) is 0. The van der Waals surface area contributed by atoms with Crippen LogP contribution in [0.3, 0.4) is 0 Å². The summed E-state index contributed by atoms with van der Waals surface area (Å²) in [5, 5.41) is -0.257. The van der Waals surface area contributed by atoms with Crippen molar-refractivity contribution in [2.45, 2.75) is 27.4 Å². The van der Waals surface area contributed by atoms with Crippen molar-refractivity contribution < 1.29 is 18.3 Å². The zero-order valence-corrected chi connectivity index (χ0v) is 20.3. The molecule has 0 aliphatic rings. The van der Waals surface area contributed by atoms with Crippen molar-refractivity contribution in [1.82, 2.24) is 14.5 Å². The van der Waals surface area contributed by atoms with Crippen molar-refractivity contribution in [3.63, 3.8) is 0 Å². The summed E-state index contributed by atoms with van der Waals surface area (Å²) in [6, 6.07) is 2.18. The molecule has 0 fully saturated rings. The number of carbonyl (C=O) groups excluding carboxylic acids is 1. The standard InChI is InChI=1S/C24H25ClF2N4O3/c1-14(2)20(11-18(28-4)21(32)7-8-30(5)6)31-15(3)9-22(23(25)24(31)33)34-13-19-17(27)10-16(26)12-29-19/h7-12H,4,13H2,1-3,5-6H3/b8-7+,18-11-. The van der Waals surface area contributed by atoms with Crippen LogP contribution in [-0.2, 0) is 11.4 Å². The van der Waals surface area contributed by atoms with Gasteiger partial charge in [-0.2, -0.15) is 0 Å². The number of rotatable bonds is 9. The van der Waals surface area contributed by atoms with Gasteiger partial charge >= 0.3 is 0 Å². The summed E-state index contributed by atoms with van der Waals surface area (Å²) < 4.78 is 33.7. The van der Waals surface area contributed by atoms with E-state index in [1.807, 2.05) is 0 Å². The van der Waals surface area contributed by atoms with E-state index in [1.165, 1.54) is 22.8 Å². The lowest BCUT2D eigenvalue weighted by molar-refractivity contribution is -0.111. The van der Waals surface area contributed by atoms with Gasteiger partial charge in [0.2, 0.25) is 5.78 Å². The number of ketones is 1. The van der Waals surface area contributed by atoms with Gasteiger partial charge in [-0.1, -0.05) is 17.2 Å². The molecule has 0 atom stereocenters. The Bertz CT molecular complexity index is 1260. The molecule has 0 aromatic carbocycles. The molecule has 34 heavy (non-hydrogen) atoms. The summed E-state index contributed by atoms with van der Waals surface area (Å²) in [6.45, 7) is 8.27. The second-order valence-electron chi connectivity index (χ2n) is 7.69. The Morgan fingerprint density at radius 1 is 1.32 bits per heavy atom. The number of aryl methyl sites for hydroxylation is 1. The first-order valence-corrected chi connectivity index (χ1v) is 10.4. The molecule has 2 aromatic heterocycles. The van der Waals surface area contributed by atoms with Crippen molar-refractivity contribution in [2.75, 3.05) is 14.1 Å². The van der Waals surface area contributed by atoms with Gasteiger partial charge in [-0.25, -0.2) is 8.78 Å².